The number of ether oxygens (including phenoxy) is 1. The van der Waals surface area contributed by atoms with Gasteiger partial charge in [-0.2, -0.15) is 11.8 Å². The number of hydrogen-bond acceptors (Lipinski definition) is 6. The van der Waals surface area contributed by atoms with E-state index in [0.717, 1.165) is 29.2 Å². The molecule has 1 heterocycles. The van der Waals surface area contributed by atoms with Gasteiger partial charge in [-0.3, -0.25) is 4.79 Å². The summed E-state index contributed by atoms with van der Waals surface area (Å²) in [6.07, 6.45) is 0.972. The maximum atomic E-state index is 11.8. The molecule has 0 aliphatic carbocycles. The fourth-order valence-corrected chi connectivity index (χ4v) is 3.76. The van der Waals surface area contributed by atoms with Crippen LogP contribution in [0.4, 0.5) is 0 Å². The third-order valence-electron chi connectivity index (χ3n) is 3.28. The van der Waals surface area contributed by atoms with Crippen molar-refractivity contribution in [1.82, 2.24) is 9.97 Å². The van der Waals surface area contributed by atoms with Crippen molar-refractivity contribution in [1.29, 1.82) is 0 Å². The second-order valence-corrected chi connectivity index (χ2v) is 8.10. The second kappa shape index (κ2) is 10.4. The lowest BCUT2D eigenvalue weighted by Gasteiger charge is -2.08. The molecule has 2 rings (SSSR count). The van der Waals surface area contributed by atoms with Gasteiger partial charge in [0.2, 0.25) is 0 Å². The van der Waals surface area contributed by atoms with Crippen molar-refractivity contribution in [3.05, 3.63) is 57.5 Å². The van der Waals surface area contributed by atoms with Crippen LogP contribution in [-0.4, -0.2) is 27.8 Å². The van der Waals surface area contributed by atoms with Crippen LogP contribution in [0.2, 0.25) is 0 Å². The molecule has 0 atom stereocenters. The number of rotatable bonds is 9. The Kier molecular flexibility index (Phi) is 8.25. The molecule has 1 N–H and O–H groups in total. The van der Waals surface area contributed by atoms with Crippen molar-refractivity contribution in [3.63, 3.8) is 0 Å². The molecule has 26 heavy (non-hydrogen) atoms. The van der Waals surface area contributed by atoms with Crippen LogP contribution in [-0.2, 0) is 16.2 Å². The molecule has 0 aliphatic heterocycles. The van der Waals surface area contributed by atoms with Crippen molar-refractivity contribution in [2.75, 3.05) is 5.75 Å². The molecule has 0 unspecified atom stereocenters. The molecule has 1 aromatic heterocycles. The van der Waals surface area contributed by atoms with Gasteiger partial charge in [0.05, 0.1) is 17.4 Å². The summed E-state index contributed by atoms with van der Waals surface area (Å²) in [5.41, 5.74) is 2.27. The largest absolute Gasteiger partial charge is 0.459 e. The molecule has 0 saturated heterocycles. The smallest absolute Gasteiger partial charge is 0.338 e. The van der Waals surface area contributed by atoms with E-state index in [0.29, 0.717) is 16.5 Å². The van der Waals surface area contributed by atoms with Crippen LogP contribution in [0.1, 0.15) is 48.8 Å². The van der Waals surface area contributed by atoms with E-state index in [1.54, 1.807) is 30.0 Å². The summed E-state index contributed by atoms with van der Waals surface area (Å²) in [6, 6.07) is 8.86. The van der Waals surface area contributed by atoms with Gasteiger partial charge in [0.25, 0.3) is 5.56 Å². The van der Waals surface area contributed by atoms with Gasteiger partial charge in [0.15, 0.2) is 5.16 Å². The van der Waals surface area contributed by atoms with Gasteiger partial charge in [-0.15, -0.1) is 0 Å². The van der Waals surface area contributed by atoms with Gasteiger partial charge in [-0.25, -0.2) is 9.78 Å². The molecular weight excluding hydrogens is 368 g/mol. The minimum absolute atomic E-state index is 0.124. The maximum absolute atomic E-state index is 11.8. The zero-order chi connectivity index (χ0) is 18.9. The quantitative estimate of drug-likeness (QED) is 0.297. The normalized spacial score (nSPS) is 10.9. The van der Waals surface area contributed by atoms with Gasteiger partial charge in [0.1, 0.15) is 0 Å². The molecule has 0 aliphatic rings. The van der Waals surface area contributed by atoms with E-state index in [1.807, 2.05) is 26.0 Å². The minimum atomic E-state index is -0.317. The molecule has 2 aromatic rings. The first-order valence-electron chi connectivity index (χ1n) is 8.58. The number of benzene rings is 1. The number of nitrogens with one attached hydrogen (secondary N) is 1. The molecule has 1 aromatic carbocycles. The summed E-state index contributed by atoms with van der Waals surface area (Å²) in [5, 5.41) is 0.618. The molecule has 7 heteroatoms. The molecule has 0 amide bonds. The fraction of sp³-hybridized carbons (Fsp3) is 0.421. The number of esters is 1. The molecule has 0 fully saturated rings. The van der Waals surface area contributed by atoms with Crippen molar-refractivity contribution in [3.8, 4) is 0 Å². The average molecular weight is 393 g/mol. The Morgan fingerprint density at radius 3 is 2.62 bits per heavy atom. The van der Waals surface area contributed by atoms with Crippen molar-refractivity contribution < 1.29 is 9.53 Å². The van der Waals surface area contributed by atoms with Gasteiger partial charge in [0, 0.05) is 17.6 Å². The highest BCUT2D eigenvalue weighted by Gasteiger charge is 2.09. The number of aromatic nitrogens is 2. The highest BCUT2D eigenvalue weighted by atomic mass is 32.2. The van der Waals surface area contributed by atoms with E-state index >= 15 is 0 Å². The van der Waals surface area contributed by atoms with Crippen LogP contribution < -0.4 is 5.56 Å². The van der Waals surface area contributed by atoms with E-state index in [4.69, 9.17) is 4.74 Å². The summed E-state index contributed by atoms with van der Waals surface area (Å²) in [7, 11) is 0. The molecular formula is C19H24N2O3S2. The van der Waals surface area contributed by atoms with Crippen LogP contribution >= 0.6 is 23.5 Å². The van der Waals surface area contributed by atoms with E-state index < -0.39 is 0 Å². The van der Waals surface area contributed by atoms with E-state index in [-0.39, 0.29) is 17.6 Å². The molecule has 140 valence electrons. The zero-order valence-corrected chi connectivity index (χ0v) is 16.9. The number of aromatic amines is 1. The Hall–Kier alpha value is -1.73. The van der Waals surface area contributed by atoms with E-state index in [9.17, 15) is 9.59 Å². The molecule has 5 nitrogen and oxygen atoms in total. The van der Waals surface area contributed by atoms with Gasteiger partial charge in [-0.05, 0) is 43.7 Å². The Labute approximate surface area is 162 Å². The second-order valence-electron chi connectivity index (χ2n) is 6.03. The summed E-state index contributed by atoms with van der Waals surface area (Å²) in [6.45, 7) is 5.78. The third kappa shape index (κ3) is 6.88. The first kappa shape index (κ1) is 20.6. The lowest BCUT2D eigenvalue weighted by atomic mass is 10.1. The van der Waals surface area contributed by atoms with Crippen LogP contribution in [0.15, 0.2) is 40.3 Å². The molecule has 0 saturated carbocycles. The Morgan fingerprint density at radius 1 is 1.23 bits per heavy atom. The third-order valence-corrected chi connectivity index (χ3v) is 5.42. The van der Waals surface area contributed by atoms with E-state index in [2.05, 4.69) is 16.9 Å². The van der Waals surface area contributed by atoms with Gasteiger partial charge >= 0.3 is 5.97 Å². The molecule has 0 bridgehead atoms. The fourth-order valence-electron chi connectivity index (χ4n) is 2.12. The topological polar surface area (TPSA) is 72.0 Å². The first-order valence-corrected chi connectivity index (χ1v) is 10.7. The Morgan fingerprint density at radius 2 is 1.96 bits per heavy atom. The summed E-state index contributed by atoms with van der Waals surface area (Å²) in [5.74, 6) is 2.15. The van der Waals surface area contributed by atoms with Crippen molar-refractivity contribution >= 4 is 29.5 Å². The van der Waals surface area contributed by atoms with Crippen LogP contribution in [0.25, 0.3) is 0 Å². The number of hydrogen-bond donors (Lipinski definition) is 1. The summed E-state index contributed by atoms with van der Waals surface area (Å²) < 4.78 is 5.18. The number of H-pyrrole nitrogens is 1. The average Bonchev–Trinajstić information content (AvgIpc) is 2.60. The monoisotopic (exact) mass is 392 g/mol. The Bertz CT molecular complexity index is 773. The van der Waals surface area contributed by atoms with Crippen LogP contribution in [0, 0.1) is 0 Å². The van der Waals surface area contributed by atoms with Crippen LogP contribution in [0.5, 0.6) is 0 Å². The number of carbonyl (C=O) groups is 1. The van der Waals surface area contributed by atoms with E-state index in [1.165, 1.54) is 11.8 Å². The zero-order valence-electron chi connectivity index (χ0n) is 15.3. The summed E-state index contributed by atoms with van der Waals surface area (Å²) in [4.78, 5) is 30.9. The minimum Gasteiger partial charge on any atom is -0.459 e. The number of nitrogens with zero attached hydrogens (tertiary/aromatic N) is 1. The lowest BCUT2D eigenvalue weighted by Crippen LogP contribution is -2.11. The SMILES string of the molecule is CCCSCc1cc(=O)[nH]c(SCc2ccc(C(=O)OC(C)C)cc2)n1. The van der Waals surface area contributed by atoms with Crippen molar-refractivity contribution in [2.45, 2.75) is 50.0 Å². The highest BCUT2D eigenvalue weighted by Crippen LogP contribution is 2.20. The molecule has 0 spiro atoms. The standard InChI is InChI=1S/C19H24N2O3S2/c1-4-9-25-12-16-10-17(22)21-19(20-16)26-11-14-5-7-15(8-6-14)18(23)24-13(2)3/h5-8,10,13H,4,9,11-12H2,1-3H3,(H,20,21,22). The van der Waals surface area contributed by atoms with Crippen LogP contribution in [0.3, 0.4) is 0 Å². The predicted molar refractivity (Wildman–Crippen MR) is 108 cm³/mol. The first-order chi connectivity index (χ1) is 12.5. The highest BCUT2D eigenvalue weighted by molar-refractivity contribution is 7.98. The van der Waals surface area contributed by atoms with Crippen molar-refractivity contribution in [2.24, 2.45) is 0 Å². The lowest BCUT2D eigenvalue weighted by molar-refractivity contribution is 0.0378. The van der Waals surface area contributed by atoms with Gasteiger partial charge in [-0.1, -0.05) is 30.8 Å². The summed E-state index contributed by atoms with van der Waals surface area (Å²) >= 11 is 3.25. The van der Waals surface area contributed by atoms with Gasteiger partial charge < -0.3 is 9.72 Å². The number of thioether (sulfide) groups is 2. The predicted octanol–water partition coefficient (Wildman–Crippen LogP) is 4.27. The number of carbonyl (C=O) groups excluding carboxylic acids is 1. The maximum Gasteiger partial charge on any atom is 0.338 e. The molecule has 0 radical (unpaired) electrons. The Balaban J connectivity index is 1.96.